The summed E-state index contributed by atoms with van der Waals surface area (Å²) in [5, 5.41) is 4.17. The molecule has 3 rings (SSSR count). The first-order valence-corrected chi connectivity index (χ1v) is 5.54. The van der Waals surface area contributed by atoms with Gasteiger partial charge in [0, 0.05) is 12.0 Å². The van der Waals surface area contributed by atoms with E-state index in [1.165, 1.54) is 0 Å². The summed E-state index contributed by atoms with van der Waals surface area (Å²) in [5.74, 6) is 6.13. The molecular weight excluding hydrogens is 321 g/mol. The zero-order valence-electron chi connectivity index (χ0n) is 10.6. The SMILES string of the molecule is Cl.Cl.Cl.Nc1ccnn2c(C#CCC3(N)CC3)cnc12. The minimum absolute atomic E-state index is 0. The average Bonchev–Trinajstić information content (AvgIpc) is 2.89. The molecule has 1 fully saturated rings. The largest absolute Gasteiger partial charge is 0.396 e. The molecule has 0 amide bonds. The molecule has 0 bridgehead atoms. The lowest BCUT2D eigenvalue weighted by molar-refractivity contribution is 0.701. The van der Waals surface area contributed by atoms with Gasteiger partial charge in [-0.05, 0) is 24.8 Å². The van der Waals surface area contributed by atoms with Gasteiger partial charge in [-0.15, -0.1) is 37.2 Å². The lowest BCUT2D eigenvalue weighted by atomic mass is 10.2. The Hall–Kier alpha value is -1.19. The number of hydrogen-bond acceptors (Lipinski definition) is 4. The van der Waals surface area contributed by atoms with E-state index in [0.717, 1.165) is 25.0 Å². The summed E-state index contributed by atoms with van der Waals surface area (Å²) in [7, 11) is 0. The minimum atomic E-state index is -0.0417. The summed E-state index contributed by atoms with van der Waals surface area (Å²) in [6.45, 7) is 0. The predicted molar refractivity (Wildman–Crippen MR) is 86.8 cm³/mol. The third-order valence-electron chi connectivity index (χ3n) is 2.98. The van der Waals surface area contributed by atoms with Crippen molar-refractivity contribution in [3.63, 3.8) is 0 Å². The molecule has 0 saturated heterocycles. The van der Waals surface area contributed by atoms with Gasteiger partial charge in [-0.2, -0.15) is 5.10 Å². The van der Waals surface area contributed by atoms with Gasteiger partial charge >= 0.3 is 0 Å². The third kappa shape index (κ3) is 3.68. The summed E-state index contributed by atoms with van der Waals surface area (Å²) < 4.78 is 1.65. The Labute approximate surface area is 135 Å². The summed E-state index contributed by atoms with van der Waals surface area (Å²) in [5.41, 5.74) is 13.7. The molecule has 0 unspecified atom stereocenters. The topological polar surface area (TPSA) is 82.2 Å². The van der Waals surface area contributed by atoms with Crippen LogP contribution in [0.1, 0.15) is 25.0 Å². The van der Waals surface area contributed by atoms with Gasteiger partial charge in [0.25, 0.3) is 0 Å². The van der Waals surface area contributed by atoms with Crippen molar-refractivity contribution in [2.45, 2.75) is 24.8 Å². The number of hydrogen-bond donors (Lipinski definition) is 2. The molecule has 0 spiro atoms. The molecule has 0 atom stereocenters. The highest BCUT2D eigenvalue weighted by atomic mass is 35.5. The van der Waals surface area contributed by atoms with Crippen LogP contribution in [0.2, 0.25) is 0 Å². The second kappa shape index (κ2) is 7.00. The number of halogens is 3. The van der Waals surface area contributed by atoms with Crippen molar-refractivity contribution in [3.05, 3.63) is 24.2 Å². The summed E-state index contributed by atoms with van der Waals surface area (Å²) in [6.07, 6.45) is 6.19. The highest BCUT2D eigenvalue weighted by molar-refractivity contribution is 5.86. The Morgan fingerprint density at radius 1 is 1.30 bits per heavy atom. The summed E-state index contributed by atoms with van der Waals surface area (Å²) in [6, 6.07) is 1.72. The maximum atomic E-state index is 5.96. The fraction of sp³-hybridized carbons (Fsp3) is 0.333. The number of anilines is 1. The van der Waals surface area contributed by atoms with Crippen LogP contribution < -0.4 is 11.5 Å². The van der Waals surface area contributed by atoms with Gasteiger partial charge in [-0.1, -0.05) is 5.92 Å². The molecule has 1 aliphatic rings. The van der Waals surface area contributed by atoms with Crippen LogP contribution in [0.4, 0.5) is 5.69 Å². The van der Waals surface area contributed by atoms with Crippen molar-refractivity contribution in [1.29, 1.82) is 0 Å². The highest BCUT2D eigenvalue weighted by Crippen LogP contribution is 2.34. The van der Waals surface area contributed by atoms with Gasteiger partial charge in [0.1, 0.15) is 5.69 Å². The molecule has 0 aliphatic heterocycles. The van der Waals surface area contributed by atoms with Crippen LogP contribution in [0.25, 0.3) is 5.65 Å². The number of nitrogens with two attached hydrogens (primary N) is 2. The number of nitrogens with zero attached hydrogens (tertiary/aromatic N) is 3. The molecule has 2 aromatic rings. The lowest BCUT2D eigenvalue weighted by Crippen LogP contribution is -2.20. The van der Waals surface area contributed by atoms with Crippen molar-refractivity contribution >= 4 is 48.6 Å². The molecule has 4 N–H and O–H groups in total. The first-order chi connectivity index (χ1) is 8.18. The molecule has 8 heteroatoms. The predicted octanol–water partition coefficient (Wildman–Crippen LogP) is 1.81. The van der Waals surface area contributed by atoms with Gasteiger partial charge in [-0.25, -0.2) is 9.50 Å². The Morgan fingerprint density at radius 3 is 2.65 bits per heavy atom. The van der Waals surface area contributed by atoms with Gasteiger partial charge in [-0.3, -0.25) is 0 Å². The third-order valence-corrected chi connectivity index (χ3v) is 2.98. The average molecular weight is 337 g/mol. The molecule has 2 aromatic heterocycles. The zero-order chi connectivity index (χ0) is 11.9. The number of fused-ring (bicyclic) bond motifs is 1. The van der Waals surface area contributed by atoms with Gasteiger partial charge in [0.15, 0.2) is 5.65 Å². The Kier molecular flexibility index (Phi) is 6.59. The van der Waals surface area contributed by atoms with Crippen molar-refractivity contribution in [1.82, 2.24) is 14.6 Å². The van der Waals surface area contributed by atoms with Crippen LogP contribution in [0.5, 0.6) is 0 Å². The van der Waals surface area contributed by atoms with Crippen LogP contribution in [0.15, 0.2) is 18.5 Å². The van der Waals surface area contributed by atoms with Crippen molar-refractivity contribution in [2.75, 3.05) is 5.73 Å². The van der Waals surface area contributed by atoms with Crippen molar-refractivity contribution in [3.8, 4) is 11.8 Å². The molecule has 0 aromatic carbocycles. The molecule has 20 heavy (non-hydrogen) atoms. The number of imidazole rings is 1. The first kappa shape index (κ1) is 18.8. The van der Waals surface area contributed by atoms with E-state index in [2.05, 4.69) is 21.9 Å². The standard InChI is InChI=1S/C12H13N5.3ClH/c13-10-3-7-16-17-9(8-15-11(10)17)2-1-4-12(14)5-6-12;;;/h3,7-8H,4-6,13-14H2;3*1H. The van der Waals surface area contributed by atoms with E-state index in [1.807, 2.05) is 0 Å². The Balaban J connectivity index is 0.00000120. The zero-order valence-corrected chi connectivity index (χ0v) is 13.0. The fourth-order valence-corrected chi connectivity index (χ4v) is 1.65. The van der Waals surface area contributed by atoms with Gasteiger partial charge in [0.2, 0.25) is 0 Å². The molecule has 1 saturated carbocycles. The van der Waals surface area contributed by atoms with E-state index in [-0.39, 0.29) is 42.8 Å². The fourth-order valence-electron chi connectivity index (χ4n) is 1.65. The van der Waals surface area contributed by atoms with E-state index >= 15 is 0 Å². The van der Waals surface area contributed by atoms with E-state index < -0.39 is 0 Å². The lowest BCUT2D eigenvalue weighted by Gasteiger charge is -1.99. The summed E-state index contributed by atoms with van der Waals surface area (Å²) in [4.78, 5) is 4.19. The molecule has 2 heterocycles. The second-order valence-corrected chi connectivity index (χ2v) is 4.51. The van der Waals surface area contributed by atoms with Gasteiger partial charge in [0.05, 0.1) is 18.1 Å². The number of nitrogen functional groups attached to an aromatic ring is 1. The van der Waals surface area contributed by atoms with E-state index in [0.29, 0.717) is 11.3 Å². The maximum Gasteiger partial charge on any atom is 0.178 e. The quantitative estimate of drug-likeness (QED) is 0.778. The van der Waals surface area contributed by atoms with Crippen molar-refractivity contribution in [2.24, 2.45) is 5.73 Å². The Morgan fingerprint density at radius 2 is 2.00 bits per heavy atom. The molecule has 1 aliphatic carbocycles. The van der Waals surface area contributed by atoms with Gasteiger partial charge < -0.3 is 11.5 Å². The summed E-state index contributed by atoms with van der Waals surface area (Å²) >= 11 is 0. The van der Waals surface area contributed by atoms with Crippen LogP contribution in [0, 0.1) is 11.8 Å². The Bertz CT molecular complexity index is 639. The smallest absolute Gasteiger partial charge is 0.178 e. The normalized spacial score (nSPS) is 14.1. The first-order valence-electron chi connectivity index (χ1n) is 5.54. The van der Waals surface area contributed by atoms with Crippen LogP contribution in [0.3, 0.4) is 0 Å². The van der Waals surface area contributed by atoms with E-state index in [1.54, 1.807) is 23.0 Å². The monoisotopic (exact) mass is 335 g/mol. The van der Waals surface area contributed by atoms with E-state index in [9.17, 15) is 0 Å². The van der Waals surface area contributed by atoms with Crippen LogP contribution in [-0.4, -0.2) is 20.1 Å². The highest BCUT2D eigenvalue weighted by Gasteiger charge is 2.36. The minimum Gasteiger partial charge on any atom is -0.396 e. The molecule has 0 radical (unpaired) electrons. The molecule has 5 nitrogen and oxygen atoms in total. The number of aromatic nitrogens is 3. The van der Waals surface area contributed by atoms with Crippen LogP contribution in [-0.2, 0) is 0 Å². The van der Waals surface area contributed by atoms with Crippen LogP contribution >= 0.6 is 37.2 Å². The number of rotatable bonds is 1. The second-order valence-electron chi connectivity index (χ2n) is 4.51. The molecule has 110 valence electrons. The van der Waals surface area contributed by atoms with E-state index in [4.69, 9.17) is 11.5 Å². The molecular formula is C12H16Cl3N5. The van der Waals surface area contributed by atoms with Crippen molar-refractivity contribution < 1.29 is 0 Å². The maximum absolute atomic E-state index is 5.96.